The van der Waals surface area contributed by atoms with Crippen LogP contribution in [0.2, 0.25) is 0 Å². The minimum atomic E-state index is -0.157. The molecule has 1 atom stereocenters. The van der Waals surface area contributed by atoms with Crippen molar-refractivity contribution in [2.24, 2.45) is 5.92 Å². The van der Waals surface area contributed by atoms with Gasteiger partial charge in [-0.15, -0.1) is 0 Å². The van der Waals surface area contributed by atoms with Crippen LogP contribution in [0, 0.1) is 5.92 Å². The van der Waals surface area contributed by atoms with Crippen molar-refractivity contribution in [2.75, 3.05) is 7.11 Å². The Balaban J connectivity index is 1.83. The molecule has 0 fully saturated rings. The first-order valence-electron chi connectivity index (χ1n) is 7.50. The van der Waals surface area contributed by atoms with Crippen molar-refractivity contribution in [3.63, 3.8) is 0 Å². The van der Waals surface area contributed by atoms with Crippen molar-refractivity contribution in [3.05, 3.63) is 65.7 Å². The van der Waals surface area contributed by atoms with Crippen molar-refractivity contribution in [1.82, 2.24) is 0 Å². The van der Waals surface area contributed by atoms with Crippen LogP contribution in [0.25, 0.3) is 0 Å². The Kier molecular flexibility index (Phi) is 6.01. The molecule has 0 radical (unpaired) electrons. The molecule has 0 amide bonds. The maximum atomic E-state index is 11.2. The summed E-state index contributed by atoms with van der Waals surface area (Å²) in [7, 11) is 1.42. The number of benzene rings is 2. The van der Waals surface area contributed by atoms with Gasteiger partial charge in [-0.05, 0) is 35.6 Å². The second-order valence-corrected chi connectivity index (χ2v) is 5.51. The van der Waals surface area contributed by atoms with E-state index in [2.05, 4.69) is 6.92 Å². The maximum Gasteiger partial charge on any atom is 0.305 e. The van der Waals surface area contributed by atoms with Gasteiger partial charge in [-0.25, -0.2) is 0 Å². The fourth-order valence-corrected chi connectivity index (χ4v) is 2.31. The Labute approximate surface area is 131 Å². The summed E-state index contributed by atoms with van der Waals surface area (Å²) in [5.74, 6) is 0.965. The van der Waals surface area contributed by atoms with Crippen LogP contribution in [-0.4, -0.2) is 13.1 Å². The third-order valence-corrected chi connectivity index (χ3v) is 3.50. The zero-order valence-electron chi connectivity index (χ0n) is 13.1. The molecule has 0 aliphatic rings. The number of esters is 1. The third kappa shape index (κ3) is 5.24. The lowest BCUT2D eigenvalue weighted by atomic mass is 9.98. The van der Waals surface area contributed by atoms with E-state index in [-0.39, 0.29) is 11.9 Å². The van der Waals surface area contributed by atoms with Crippen LogP contribution < -0.4 is 4.74 Å². The molecule has 3 heteroatoms. The molecule has 2 aromatic rings. The van der Waals surface area contributed by atoms with Gasteiger partial charge in [-0.1, -0.05) is 49.4 Å². The van der Waals surface area contributed by atoms with Crippen LogP contribution in [0.5, 0.6) is 5.75 Å². The first-order valence-corrected chi connectivity index (χ1v) is 7.50. The van der Waals surface area contributed by atoms with E-state index in [4.69, 9.17) is 9.47 Å². The van der Waals surface area contributed by atoms with E-state index in [0.29, 0.717) is 13.0 Å². The molecule has 116 valence electrons. The SMILES string of the molecule is COC(=O)C[C@@H](C)Cc1ccc(OCc2ccccc2)cc1. The van der Waals surface area contributed by atoms with Gasteiger partial charge in [-0.3, -0.25) is 4.79 Å². The number of hydrogen-bond acceptors (Lipinski definition) is 3. The molecule has 0 unspecified atom stereocenters. The number of methoxy groups -OCH3 is 1. The number of carbonyl (C=O) groups is 1. The van der Waals surface area contributed by atoms with Gasteiger partial charge in [0, 0.05) is 6.42 Å². The van der Waals surface area contributed by atoms with Crippen LogP contribution in [0.1, 0.15) is 24.5 Å². The van der Waals surface area contributed by atoms with Crippen molar-refractivity contribution in [2.45, 2.75) is 26.4 Å². The summed E-state index contributed by atoms with van der Waals surface area (Å²) in [4.78, 5) is 11.2. The molecule has 2 aromatic carbocycles. The van der Waals surface area contributed by atoms with E-state index in [0.717, 1.165) is 17.7 Å². The highest BCUT2D eigenvalue weighted by atomic mass is 16.5. The summed E-state index contributed by atoms with van der Waals surface area (Å²) < 4.78 is 10.5. The van der Waals surface area contributed by atoms with Crippen molar-refractivity contribution < 1.29 is 14.3 Å². The average molecular weight is 298 g/mol. The first-order chi connectivity index (χ1) is 10.7. The Morgan fingerprint density at radius 2 is 1.68 bits per heavy atom. The van der Waals surface area contributed by atoms with Gasteiger partial charge in [0.25, 0.3) is 0 Å². The monoisotopic (exact) mass is 298 g/mol. The fraction of sp³-hybridized carbons (Fsp3) is 0.316. The lowest BCUT2D eigenvalue weighted by molar-refractivity contribution is -0.141. The van der Waals surface area contributed by atoms with Crippen LogP contribution in [0.4, 0.5) is 0 Å². The second kappa shape index (κ2) is 8.23. The normalized spacial score (nSPS) is 11.7. The molecule has 0 aromatic heterocycles. The van der Waals surface area contributed by atoms with E-state index >= 15 is 0 Å². The maximum absolute atomic E-state index is 11.2. The number of hydrogen-bond donors (Lipinski definition) is 0. The van der Waals surface area contributed by atoms with E-state index in [1.165, 1.54) is 12.7 Å². The molecule has 22 heavy (non-hydrogen) atoms. The highest BCUT2D eigenvalue weighted by Gasteiger charge is 2.10. The van der Waals surface area contributed by atoms with Gasteiger partial charge in [0.15, 0.2) is 0 Å². The van der Waals surface area contributed by atoms with Gasteiger partial charge in [0.05, 0.1) is 7.11 Å². The average Bonchev–Trinajstić information content (AvgIpc) is 2.55. The van der Waals surface area contributed by atoms with Crippen molar-refractivity contribution in [1.29, 1.82) is 0 Å². The Hall–Kier alpha value is -2.29. The van der Waals surface area contributed by atoms with Crippen molar-refractivity contribution in [3.8, 4) is 5.75 Å². The predicted octanol–water partition coefficient (Wildman–Crippen LogP) is 4.01. The highest BCUT2D eigenvalue weighted by molar-refractivity contribution is 5.69. The van der Waals surface area contributed by atoms with Crippen LogP contribution in [-0.2, 0) is 22.6 Å². The zero-order valence-corrected chi connectivity index (χ0v) is 13.1. The van der Waals surface area contributed by atoms with Crippen molar-refractivity contribution >= 4 is 5.97 Å². The molecule has 0 aliphatic carbocycles. The van der Waals surface area contributed by atoms with E-state index < -0.39 is 0 Å². The number of rotatable bonds is 7. The third-order valence-electron chi connectivity index (χ3n) is 3.50. The molecule has 0 spiro atoms. The second-order valence-electron chi connectivity index (χ2n) is 5.51. The Morgan fingerprint density at radius 3 is 2.32 bits per heavy atom. The smallest absolute Gasteiger partial charge is 0.305 e. The van der Waals surface area contributed by atoms with Crippen LogP contribution >= 0.6 is 0 Å². The summed E-state index contributed by atoms with van der Waals surface area (Å²) in [6.45, 7) is 2.62. The summed E-state index contributed by atoms with van der Waals surface area (Å²) >= 11 is 0. The summed E-state index contributed by atoms with van der Waals surface area (Å²) in [6.07, 6.45) is 1.30. The Bertz CT molecular complexity index is 575. The number of ether oxygens (including phenoxy) is 2. The minimum Gasteiger partial charge on any atom is -0.489 e. The molecular formula is C19H22O3. The quantitative estimate of drug-likeness (QED) is 0.725. The summed E-state index contributed by atoms with van der Waals surface area (Å²) in [5, 5.41) is 0. The Morgan fingerprint density at radius 1 is 1.00 bits per heavy atom. The van der Waals surface area contributed by atoms with E-state index in [1.54, 1.807) is 0 Å². The summed E-state index contributed by atoms with van der Waals surface area (Å²) in [5.41, 5.74) is 2.35. The molecule has 3 nitrogen and oxygen atoms in total. The molecule has 0 saturated carbocycles. The molecule has 0 N–H and O–H groups in total. The van der Waals surface area contributed by atoms with Crippen LogP contribution in [0.3, 0.4) is 0 Å². The predicted molar refractivity (Wildman–Crippen MR) is 86.7 cm³/mol. The molecule has 0 aliphatic heterocycles. The largest absolute Gasteiger partial charge is 0.489 e. The molecule has 0 bridgehead atoms. The van der Waals surface area contributed by atoms with Gasteiger partial charge in [0.2, 0.25) is 0 Å². The van der Waals surface area contributed by atoms with E-state index in [9.17, 15) is 4.79 Å². The highest BCUT2D eigenvalue weighted by Crippen LogP contribution is 2.18. The fourth-order valence-electron chi connectivity index (χ4n) is 2.31. The number of carbonyl (C=O) groups excluding carboxylic acids is 1. The first kappa shape index (κ1) is 16.1. The van der Waals surface area contributed by atoms with Gasteiger partial charge >= 0.3 is 5.97 Å². The van der Waals surface area contributed by atoms with Gasteiger partial charge < -0.3 is 9.47 Å². The van der Waals surface area contributed by atoms with Crippen LogP contribution in [0.15, 0.2) is 54.6 Å². The lowest BCUT2D eigenvalue weighted by Crippen LogP contribution is -2.09. The zero-order chi connectivity index (χ0) is 15.8. The molecule has 0 heterocycles. The minimum absolute atomic E-state index is 0.157. The molecule has 0 saturated heterocycles. The molecule has 2 rings (SSSR count). The van der Waals surface area contributed by atoms with E-state index in [1.807, 2.05) is 54.6 Å². The molecular weight excluding hydrogens is 276 g/mol. The lowest BCUT2D eigenvalue weighted by Gasteiger charge is -2.11. The van der Waals surface area contributed by atoms with Gasteiger partial charge in [-0.2, -0.15) is 0 Å². The van der Waals surface area contributed by atoms with Gasteiger partial charge in [0.1, 0.15) is 12.4 Å². The topological polar surface area (TPSA) is 35.5 Å². The summed E-state index contributed by atoms with van der Waals surface area (Å²) in [6, 6.07) is 18.1. The standard InChI is InChI=1S/C19H22O3/c1-15(13-19(20)21-2)12-16-8-10-18(11-9-16)22-14-17-6-4-3-5-7-17/h3-11,15H,12-14H2,1-2H3/t15-/m0/s1.